The number of tetrazole rings is 1. The van der Waals surface area contributed by atoms with Crippen molar-refractivity contribution in [3.63, 3.8) is 0 Å². The smallest absolute Gasteiger partial charge is 0.369 e. The third kappa shape index (κ3) is 4.23. The van der Waals surface area contributed by atoms with E-state index in [1.54, 1.807) is 6.07 Å². The van der Waals surface area contributed by atoms with E-state index in [-0.39, 0.29) is 12.1 Å². The van der Waals surface area contributed by atoms with Crippen LogP contribution in [0.1, 0.15) is 50.7 Å². The van der Waals surface area contributed by atoms with Gasteiger partial charge in [0, 0.05) is 31.9 Å². The maximum Gasteiger partial charge on any atom is 0.416 e. The predicted octanol–water partition coefficient (Wildman–Crippen LogP) is 3.55. The fourth-order valence-corrected chi connectivity index (χ4v) is 3.56. The second kappa shape index (κ2) is 7.84. The Labute approximate surface area is 156 Å². The number of aromatic nitrogens is 4. The van der Waals surface area contributed by atoms with Gasteiger partial charge >= 0.3 is 6.18 Å². The van der Waals surface area contributed by atoms with Gasteiger partial charge in [-0.25, -0.2) is 4.68 Å². The topological polar surface area (TPSA) is 50.1 Å². The molecule has 3 rings (SSSR count). The minimum Gasteiger partial charge on any atom is -0.369 e. The number of halogens is 3. The Morgan fingerprint density at radius 2 is 1.81 bits per heavy atom. The Balaban J connectivity index is 1.70. The summed E-state index contributed by atoms with van der Waals surface area (Å²) in [6.07, 6.45) is -3.45. The van der Waals surface area contributed by atoms with Gasteiger partial charge in [-0.05, 0) is 48.9 Å². The molecule has 0 bridgehead atoms. The highest BCUT2D eigenvalue weighted by Gasteiger charge is 2.32. The van der Waals surface area contributed by atoms with Crippen LogP contribution in [0.15, 0.2) is 24.3 Å². The average molecular weight is 382 g/mol. The summed E-state index contributed by atoms with van der Waals surface area (Å²) < 4.78 is 40.7. The fraction of sp³-hybridized carbons (Fsp3) is 0.611. The third-order valence-corrected chi connectivity index (χ3v) is 4.99. The van der Waals surface area contributed by atoms with Crippen LogP contribution in [0.2, 0.25) is 0 Å². The first-order valence-electron chi connectivity index (χ1n) is 9.25. The fourth-order valence-electron chi connectivity index (χ4n) is 3.56. The van der Waals surface area contributed by atoms with Crippen molar-refractivity contribution in [3.05, 3.63) is 35.7 Å². The number of piperazine rings is 1. The monoisotopic (exact) mass is 382 g/mol. The van der Waals surface area contributed by atoms with Crippen LogP contribution in [0.5, 0.6) is 0 Å². The molecule has 2 aromatic rings. The Kier molecular flexibility index (Phi) is 5.69. The third-order valence-electron chi connectivity index (χ3n) is 4.99. The first-order valence-corrected chi connectivity index (χ1v) is 9.25. The second-order valence-corrected chi connectivity index (χ2v) is 7.07. The summed E-state index contributed by atoms with van der Waals surface area (Å²) in [5, 5.41) is 12.1. The van der Waals surface area contributed by atoms with Crippen molar-refractivity contribution < 1.29 is 13.2 Å². The Bertz CT molecular complexity index is 750. The minimum absolute atomic E-state index is 0.103. The number of hydrogen-bond donors (Lipinski definition) is 0. The van der Waals surface area contributed by atoms with Gasteiger partial charge in [0.1, 0.15) is 0 Å². The number of anilines is 1. The van der Waals surface area contributed by atoms with Crippen molar-refractivity contribution in [2.24, 2.45) is 0 Å². The van der Waals surface area contributed by atoms with Gasteiger partial charge in [-0.1, -0.05) is 13.0 Å². The molecule has 27 heavy (non-hydrogen) atoms. The first-order chi connectivity index (χ1) is 12.8. The first kappa shape index (κ1) is 19.6. The second-order valence-electron chi connectivity index (χ2n) is 7.07. The molecule has 1 fully saturated rings. The quantitative estimate of drug-likeness (QED) is 0.792. The largest absolute Gasteiger partial charge is 0.416 e. The zero-order valence-corrected chi connectivity index (χ0v) is 15.8. The van der Waals surface area contributed by atoms with Crippen LogP contribution in [-0.4, -0.2) is 51.3 Å². The van der Waals surface area contributed by atoms with Gasteiger partial charge in [-0.3, -0.25) is 4.90 Å². The van der Waals surface area contributed by atoms with E-state index in [2.05, 4.69) is 27.3 Å². The lowest BCUT2D eigenvalue weighted by Crippen LogP contribution is -2.48. The summed E-state index contributed by atoms with van der Waals surface area (Å²) in [7, 11) is 0. The van der Waals surface area contributed by atoms with E-state index in [0.29, 0.717) is 18.8 Å². The average Bonchev–Trinajstić information content (AvgIpc) is 3.12. The molecule has 1 unspecified atom stereocenters. The van der Waals surface area contributed by atoms with Crippen LogP contribution < -0.4 is 4.90 Å². The molecule has 1 aliphatic rings. The maximum atomic E-state index is 13.0. The number of rotatable bonds is 5. The molecule has 6 nitrogen and oxygen atoms in total. The summed E-state index contributed by atoms with van der Waals surface area (Å²) in [5.41, 5.74) is 0.00881. The van der Waals surface area contributed by atoms with E-state index in [1.165, 1.54) is 12.1 Å². The lowest BCUT2D eigenvalue weighted by molar-refractivity contribution is -0.137. The van der Waals surface area contributed by atoms with Gasteiger partial charge in [0.2, 0.25) is 0 Å². The highest BCUT2D eigenvalue weighted by atomic mass is 19.4. The molecule has 1 aliphatic heterocycles. The lowest BCUT2D eigenvalue weighted by atomic mass is 10.1. The van der Waals surface area contributed by atoms with E-state index in [4.69, 9.17) is 0 Å². The van der Waals surface area contributed by atoms with Gasteiger partial charge in [0.15, 0.2) is 5.82 Å². The Morgan fingerprint density at radius 1 is 1.11 bits per heavy atom. The van der Waals surface area contributed by atoms with Crippen LogP contribution in [0, 0.1) is 0 Å². The van der Waals surface area contributed by atoms with E-state index in [9.17, 15) is 13.2 Å². The Hall–Kier alpha value is -2.16. The van der Waals surface area contributed by atoms with Crippen molar-refractivity contribution >= 4 is 5.69 Å². The molecule has 9 heteroatoms. The number of nitrogens with zero attached hydrogens (tertiary/aromatic N) is 6. The normalized spacial score (nSPS) is 17.5. The van der Waals surface area contributed by atoms with Gasteiger partial charge in [-0.2, -0.15) is 13.2 Å². The molecule has 0 amide bonds. The molecule has 0 spiro atoms. The van der Waals surface area contributed by atoms with Gasteiger partial charge < -0.3 is 4.90 Å². The molecule has 0 radical (unpaired) electrons. The van der Waals surface area contributed by atoms with Crippen LogP contribution in [-0.2, 0) is 6.18 Å². The zero-order chi connectivity index (χ0) is 19.6. The summed E-state index contributed by atoms with van der Waals surface area (Å²) in [4.78, 5) is 4.32. The predicted molar refractivity (Wildman–Crippen MR) is 96.5 cm³/mol. The molecule has 1 saturated heterocycles. The highest BCUT2D eigenvalue weighted by Crippen LogP contribution is 2.32. The number of alkyl halides is 3. The summed E-state index contributed by atoms with van der Waals surface area (Å²) in [6, 6.07) is 5.82. The summed E-state index contributed by atoms with van der Waals surface area (Å²) in [5.74, 6) is 0.847. The molecule has 0 N–H and O–H groups in total. The highest BCUT2D eigenvalue weighted by molar-refractivity contribution is 5.49. The van der Waals surface area contributed by atoms with E-state index in [0.717, 1.165) is 31.4 Å². The van der Waals surface area contributed by atoms with Gasteiger partial charge in [-0.15, -0.1) is 5.10 Å². The minimum atomic E-state index is -4.32. The molecule has 0 saturated carbocycles. The molecule has 148 valence electrons. The molecular weight excluding hydrogens is 357 g/mol. The SMILES string of the molecule is CCC(c1nnnn1C(C)C)N1CCN(c2cccc(C(F)(F)F)c2)CC1. The summed E-state index contributed by atoms with van der Waals surface area (Å²) in [6.45, 7) is 9.01. The molecule has 1 atom stereocenters. The van der Waals surface area contributed by atoms with Crippen molar-refractivity contribution in [2.45, 2.75) is 45.5 Å². The van der Waals surface area contributed by atoms with Crippen LogP contribution >= 0.6 is 0 Å². The molecular formula is C18H25F3N6. The number of hydrogen-bond acceptors (Lipinski definition) is 5. The van der Waals surface area contributed by atoms with Gasteiger partial charge in [0.25, 0.3) is 0 Å². The van der Waals surface area contributed by atoms with Crippen molar-refractivity contribution in [2.75, 3.05) is 31.1 Å². The lowest BCUT2D eigenvalue weighted by Gasteiger charge is -2.39. The molecule has 0 aliphatic carbocycles. The standard InChI is InChI=1S/C18H25F3N6/c1-4-16(17-22-23-24-27(17)13(2)3)26-10-8-25(9-11-26)15-7-5-6-14(12-15)18(19,20)21/h5-7,12-13,16H,4,8-11H2,1-3H3. The van der Waals surface area contributed by atoms with E-state index >= 15 is 0 Å². The van der Waals surface area contributed by atoms with Crippen molar-refractivity contribution in [1.82, 2.24) is 25.1 Å². The van der Waals surface area contributed by atoms with Crippen LogP contribution in [0.4, 0.5) is 18.9 Å². The zero-order valence-electron chi connectivity index (χ0n) is 15.8. The van der Waals surface area contributed by atoms with Crippen molar-refractivity contribution in [1.29, 1.82) is 0 Å². The molecule has 2 heterocycles. The van der Waals surface area contributed by atoms with Crippen molar-refractivity contribution in [3.8, 4) is 0 Å². The molecule has 1 aromatic carbocycles. The van der Waals surface area contributed by atoms with E-state index < -0.39 is 11.7 Å². The number of benzene rings is 1. The summed E-state index contributed by atoms with van der Waals surface area (Å²) >= 11 is 0. The van der Waals surface area contributed by atoms with Gasteiger partial charge in [0.05, 0.1) is 17.6 Å². The maximum absolute atomic E-state index is 13.0. The van der Waals surface area contributed by atoms with Crippen LogP contribution in [0.25, 0.3) is 0 Å². The van der Waals surface area contributed by atoms with E-state index in [1.807, 2.05) is 23.4 Å². The van der Waals surface area contributed by atoms with Crippen LogP contribution in [0.3, 0.4) is 0 Å². The Morgan fingerprint density at radius 3 is 2.41 bits per heavy atom. The molecule has 1 aromatic heterocycles.